The van der Waals surface area contributed by atoms with E-state index in [9.17, 15) is 18.0 Å². The molecule has 2 amide bonds. The fraction of sp³-hybridized carbons (Fsp3) is 0.529. The van der Waals surface area contributed by atoms with Crippen LogP contribution in [-0.2, 0) is 19.6 Å². The van der Waals surface area contributed by atoms with Crippen molar-refractivity contribution in [3.05, 3.63) is 23.8 Å². The van der Waals surface area contributed by atoms with Crippen LogP contribution < -0.4 is 10.6 Å². The molecule has 0 heterocycles. The van der Waals surface area contributed by atoms with Gasteiger partial charge < -0.3 is 15.5 Å². The second-order valence-corrected chi connectivity index (χ2v) is 8.86. The molecule has 0 bridgehead atoms. The van der Waals surface area contributed by atoms with E-state index in [0.717, 1.165) is 22.7 Å². The van der Waals surface area contributed by atoms with Crippen LogP contribution in [0.5, 0.6) is 0 Å². The van der Waals surface area contributed by atoms with E-state index in [2.05, 4.69) is 10.6 Å². The Balaban J connectivity index is 1.97. The van der Waals surface area contributed by atoms with Gasteiger partial charge in [-0.05, 0) is 37.5 Å². The van der Waals surface area contributed by atoms with Gasteiger partial charge in [-0.1, -0.05) is 6.07 Å². The molecule has 1 saturated carbocycles. The third-order valence-electron chi connectivity index (χ3n) is 4.17. The van der Waals surface area contributed by atoms with Crippen molar-refractivity contribution in [2.24, 2.45) is 0 Å². The van der Waals surface area contributed by atoms with Crippen molar-refractivity contribution in [1.82, 2.24) is 14.5 Å². The SMILES string of the molecule is Cc1ccc(S(=O)(=O)N(C)C)cc1NCC(=O)N(C)CC(=O)NC1CC1. The molecular formula is C17H26N4O4S. The number of amides is 2. The van der Waals surface area contributed by atoms with Gasteiger partial charge in [0.15, 0.2) is 0 Å². The zero-order valence-electron chi connectivity index (χ0n) is 15.6. The first-order valence-corrected chi connectivity index (χ1v) is 9.85. The Morgan fingerprint density at radius 3 is 2.42 bits per heavy atom. The molecule has 1 aliphatic rings. The van der Waals surface area contributed by atoms with Crippen LogP contribution in [-0.4, -0.2) is 69.7 Å². The van der Waals surface area contributed by atoms with Gasteiger partial charge in [0.2, 0.25) is 21.8 Å². The van der Waals surface area contributed by atoms with Gasteiger partial charge in [-0.2, -0.15) is 0 Å². The number of likely N-dealkylation sites (N-methyl/N-ethyl adjacent to an activating group) is 1. The fourth-order valence-electron chi connectivity index (χ4n) is 2.27. The number of aryl methyl sites for hydroxylation is 1. The van der Waals surface area contributed by atoms with Crippen molar-refractivity contribution in [2.75, 3.05) is 39.5 Å². The third-order valence-corrected chi connectivity index (χ3v) is 5.98. The van der Waals surface area contributed by atoms with Crippen LogP contribution >= 0.6 is 0 Å². The van der Waals surface area contributed by atoms with E-state index in [4.69, 9.17) is 0 Å². The average Bonchev–Trinajstić information content (AvgIpc) is 3.36. The van der Waals surface area contributed by atoms with Crippen LogP contribution in [0.25, 0.3) is 0 Å². The Bertz CT molecular complexity index is 788. The maximum atomic E-state index is 12.2. The molecule has 1 fully saturated rings. The summed E-state index contributed by atoms with van der Waals surface area (Å²) in [7, 11) is 0.950. The van der Waals surface area contributed by atoms with Gasteiger partial charge in [0.1, 0.15) is 0 Å². The summed E-state index contributed by atoms with van der Waals surface area (Å²) < 4.78 is 25.6. The highest BCUT2D eigenvalue weighted by atomic mass is 32.2. The number of anilines is 1. The average molecular weight is 382 g/mol. The van der Waals surface area contributed by atoms with E-state index in [1.165, 1.54) is 31.1 Å². The molecule has 144 valence electrons. The van der Waals surface area contributed by atoms with Gasteiger partial charge >= 0.3 is 0 Å². The molecule has 0 unspecified atom stereocenters. The predicted octanol–water partition coefficient (Wildman–Crippen LogP) is 0.394. The lowest BCUT2D eigenvalue weighted by molar-refractivity contribution is -0.133. The molecule has 1 aliphatic carbocycles. The number of benzene rings is 1. The monoisotopic (exact) mass is 382 g/mol. The lowest BCUT2D eigenvalue weighted by Crippen LogP contribution is -2.41. The summed E-state index contributed by atoms with van der Waals surface area (Å²) in [5.74, 6) is -0.421. The molecule has 0 atom stereocenters. The summed E-state index contributed by atoms with van der Waals surface area (Å²) in [5.41, 5.74) is 1.39. The first-order chi connectivity index (χ1) is 12.1. The number of nitrogens with one attached hydrogen (secondary N) is 2. The molecule has 0 aromatic heterocycles. The Labute approximate surface area is 154 Å². The first-order valence-electron chi connectivity index (χ1n) is 8.41. The Morgan fingerprint density at radius 2 is 1.85 bits per heavy atom. The van der Waals surface area contributed by atoms with Crippen LogP contribution in [0, 0.1) is 6.92 Å². The number of carbonyl (C=O) groups excluding carboxylic acids is 2. The Kier molecular flexibility index (Phi) is 6.25. The number of rotatable bonds is 8. The molecule has 0 saturated heterocycles. The van der Waals surface area contributed by atoms with E-state index < -0.39 is 10.0 Å². The minimum atomic E-state index is -3.55. The molecule has 2 N–H and O–H groups in total. The minimum absolute atomic E-state index is 0.00500. The fourth-order valence-corrected chi connectivity index (χ4v) is 3.20. The molecule has 1 aromatic carbocycles. The van der Waals surface area contributed by atoms with Crippen LogP contribution in [0.3, 0.4) is 0 Å². The molecule has 9 heteroatoms. The van der Waals surface area contributed by atoms with Gasteiger partial charge in [-0.3, -0.25) is 9.59 Å². The second kappa shape index (κ2) is 8.05. The molecule has 1 aromatic rings. The standard InChI is InChI=1S/C17H26N4O4S/c1-12-5-8-14(26(24,25)20(2)3)9-15(12)18-10-17(23)21(4)11-16(22)19-13-6-7-13/h5,8-9,13,18H,6-7,10-11H2,1-4H3,(H,19,22). The van der Waals surface area contributed by atoms with Crippen LogP contribution in [0.15, 0.2) is 23.1 Å². The minimum Gasteiger partial charge on any atom is -0.376 e. The Morgan fingerprint density at radius 1 is 1.19 bits per heavy atom. The lowest BCUT2D eigenvalue weighted by atomic mass is 10.2. The van der Waals surface area contributed by atoms with Crippen molar-refractivity contribution in [3.63, 3.8) is 0 Å². The van der Waals surface area contributed by atoms with Crippen LogP contribution in [0.2, 0.25) is 0 Å². The Hall–Kier alpha value is -2.13. The number of sulfonamides is 1. The van der Waals surface area contributed by atoms with E-state index in [1.54, 1.807) is 13.1 Å². The highest BCUT2D eigenvalue weighted by Crippen LogP contribution is 2.22. The third kappa shape index (κ3) is 5.18. The molecule has 8 nitrogen and oxygen atoms in total. The molecule has 0 aliphatic heterocycles. The molecule has 0 radical (unpaired) electrons. The number of nitrogens with zero attached hydrogens (tertiary/aromatic N) is 2. The van der Waals surface area contributed by atoms with Crippen molar-refractivity contribution in [2.45, 2.75) is 30.7 Å². The quantitative estimate of drug-likeness (QED) is 0.678. The number of hydrogen-bond donors (Lipinski definition) is 2. The van der Waals surface area contributed by atoms with Crippen molar-refractivity contribution < 1.29 is 18.0 Å². The molecule has 26 heavy (non-hydrogen) atoms. The van der Waals surface area contributed by atoms with Gasteiger partial charge in [-0.15, -0.1) is 0 Å². The first kappa shape index (κ1) is 20.2. The summed E-state index contributed by atoms with van der Waals surface area (Å²) in [4.78, 5) is 25.5. The second-order valence-electron chi connectivity index (χ2n) is 6.71. The normalized spacial score (nSPS) is 14.2. The summed E-state index contributed by atoms with van der Waals surface area (Å²) in [6.07, 6.45) is 1.99. The van der Waals surface area contributed by atoms with Gasteiger partial charge in [0.25, 0.3) is 0 Å². The number of carbonyl (C=O) groups is 2. The van der Waals surface area contributed by atoms with Gasteiger partial charge in [0.05, 0.1) is 18.0 Å². The maximum absolute atomic E-state index is 12.2. The zero-order valence-corrected chi connectivity index (χ0v) is 16.4. The van der Waals surface area contributed by atoms with Crippen molar-refractivity contribution in [1.29, 1.82) is 0 Å². The molecule has 2 rings (SSSR count). The van der Waals surface area contributed by atoms with E-state index >= 15 is 0 Å². The van der Waals surface area contributed by atoms with Crippen molar-refractivity contribution >= 4 is 27.5 Å². The summed E-state index contributed by atoms with van der Waals surface area (Å²) in [6.45, 7) is 1.80. The van der Waals surface area contributed by atoms with Crippen molar-refractivity contribution in [3.8, 4) is 0 Å². The summed E-state index contributed by atoms with van der Waals surface area (Å²) in [5, 5.41) is 5.80. The van der Waals surface area contributed by atoms with E-state index in [0.29, 0.717) is 5.69 Å². The predicted molar refractivity (Wildman–Crippen MR) is 99.3 cm³/mol. The molecular weight excluding hydrogens is 356 g/mol. The van der Waals surface area contributed by atoms with E-state index in [-0.39, 0.29) is 35.8 Å². The lowest BCUT2D eigenvalue weighted by Gasteiger charge is -2.19. The highest BCUT2D eigenvalue weighted by molar-refractivity contribution is 7.89. The summed E-state index contributed by atoms with van der Waals surface area (Å²) >= 11 is 0. The molecule has 0 spiro atoms. The van der Waals surface area contributed by atoms with Gasteiger partial charge in [-0.25, -0.2) is 12.7 Å². The number of hydrogen-bond acceptors (Lipinski definition) is 5. The zero-order chi connectivity index (χ0) is 19.5. The maximum Gasteiger partial charge on any atom is 0.242 e. The topological polar surface area (TPSA) is 98.8 Å². The van der Waals surface area contributed by atoms with E-state index in [1.807, 2.05) is 6.92 Å². The van der Waals surface area contributed by atoms with Gasteiger partial charge in [0, 0.05) is 32.9 Å². The van der Waals surface area contributed by atoms with Crippen LogP contribution in [0.1, 0.15) is 18.4 Å². The van der Waals surface area contributed by atoms with Crippen LogP contribution in [0.4, 0.5) is 5.69 Å². The largest absolute Gasteiger partial charge is 0.376 e. The highest BCUT2D eigenvalue weighted by Gasteiger charge is 2.24. The smallest absolute Gasteiger partial charge is 0.242 e. The summed E-state index contributed by atoms with van der Waals surface area (Å²) in [6, 6.07) is 4.99.